The highest BCUT2D eigenvalue weighted by Crippen LogP contribution is 2.28. The van der Waals surface area contributed by atoms with Gasteiger partial charge in [0.2, 0.25) is 0 Å². The molecule has 0 fully saturated rings. The Hall–Kier alpha value is -2.31. The van der Waals surface area contributed by atoms with Crippen LogP contribution in [0.4, 0.5) is 10.5 Å². The standard InChI is InChI=1S/C33H48ClN3O2S/c1-3-4-5-6-7-8-9-10-11-12-13-14-22-39-32-20-17-29(24-31(32)34)26-37(33(38)35-2)30-18-15-28(16-19-30)25-36-21-23-40-27-36/h15-21,23-24H,3-14,22,25-27H2,1-2H3,(H,35,38). The Bertz CT molecular complexity index is 1030. The molecule has 0 radical (unpaired) electrons. The molecule has 1 aliphatic rings. The van der Waals surface area contributed by atoms with Crippen molar-refractivity contribution in [2.24, 2.45) is 0 Å². The van der Waals surface area contributed by atoms with Crippen molar-refractivity contribution >= 4 is 35.1 Å². The molecule has 0 saturated heterocycles. The topological polar surface area (TPSA) is 44.8 Å². The second-order valence-electron chi connectivity index (χ2n) is 10.6. The number of anilines is 1. The zero-order chi connectivity index (χ0) is 28.4. The van der Waals surface area contributed by atoms with Crippen LogP contribution in [0.2, 0.25) is 5.02 Å². The number of urea groups is 1. The van der Waals surface area contributed by atoms with E-state index in [1.165, 1.54) is 76.2 Å². The highest BCUT2D eigenvalue weighted by Gasteiger charge is 2.16. The van der Waals surface area contributed by atoms with Gasteiger partial charge in [-0.05, 0) is 47.2 Å². The van der Waals surface area contributed by atoms with E-state index >= 15 is 0 Å². The van der Waals surface area contributed by atoms with Crippen LogP contribution in [0.15, 0.2) is 54.1 Å². The summed E-state index contributed by atoms with van der Waals surface area (Å²) in [6.45, 7) is 4.23. The summed E-state index contributed by atoms with van der Waals surface area (Å²) in [5.74, 6) is 1.69. The summed E-state index contributed by atoms with van der Waals surface area (Å²) in [4.78, 5) is 16.7. The summed E-state index contributed by atoms with van der Waals surface area (Å²) >= 11 is 8.37. The largest absolute Gasteiger partial charge is 0.492 e. The smallest absolute Gasteiger partial charge is 0.321 e. The molecular formula is C33H48ClN3O2S. The lowest BCUT2D eigenvalue weighted by molar-refractivity contribution is 0.248. The summed E-state index contributed by atoms with van der Waals surface area (Å²) in [5.41, 5.74) is 3.01. The maximum atomic E-state index is 12.7. The average Bonchev–Trinajstić information content (AvgIpc) is 3.48. The molecule has 0 bridgehead atoms. The predicted octanol–water partition coefficient (Wildman–Crippen LogP) is 9.74. The number of unbranched alkanes of at least 4 members (excludes halogenated alkanes) is 11. The number of ether oxygens (including phenoxy) is 1. The van der Waals surface area contributed by atoms with Crippen molar-refractivity contribution in [3.05, 3.63) is 70.2 Å². The van der Waals surface area contributed by atoms with Crippen molar-refractivity contribution in [3.63, 3.8) is 0 Å². The summed E-state index contributed by atoms with van der Waals surface area (Å²) in [5, 5.41) is 5.46. The van der Waals surface area contributed by atoms with E-state index in [9.17, 15) is 4.79 Å². The van der Waals surface area contributed by atoms with Crippen LogP contribution in [0.1, 0.15) is 95.1 Å². The zero-order valence-electron chi connectivity index (χ0n) is 24.5. The van der Waals surface area contributed by atoms with E-state index in [2.05, 4.69) is 40.9 Å². The number of halogens is 1. The first-order chi connectivity index (χ1) is 19.6. The SMILES string of the molecule is CCCCCCCCCCCCCCOc1ccc(CN(C(=O)NC)c2ccc(CN3C=CSC3)cc2)cc1Cl. The first-order valence-electron chi connectivity index (χ1n) is 15.1. The van der Waals surface area contributed by atoms with Gasteiger partial charge in [0, 0.05) is 25.5 Å². The van der Waals surface area contributed by atoms with Gasteiger partial charge in [-0.3, -0.25) is 4.90 Å². The van der Waals surface area contributed by atoms with E-state index in [-0.39, 0.29) is 6.03 Å². The molecule has 1 heterocycles. The number of hydrogen-bond donors (Lipinski definition) is 1. The van der Waals surface area contributed by atoms with Crippen LogP contribution in [0, 0.1) is 0 Å². The highest BCUT2D eigenvalue weighted by atomic mass is 35.5. The van der Waals surface area contributed by atoms with Crippen LogP contribution in [-0.2, 0) is 13.1 Å². The molecule has 2 aromatic carbocycles. The average molecular weight is 586 g/mol. The van der Waals surface area contributed by atoms with Crippen LogP contribution in [0.5, 0.6) is 5.75 Å². The van der Waals surface area contributed by atoms with Gasteiger partial charge in [-0.1, -0.05) is 107 Å². The number of amides is 2. The lowest BCUT2D eigenvalue weighted by Gasteiger charge is -2.23. The highest BCUT2D eigenvalue weighted by molar-refractivity contribution is 8.02. The summed E-state index contributed by atoms with van der Waals surface area (Å²) in [7, 11) is 1.65. The molecule has 0 saturated carbocycles. The molecule has 40 heavy (non-hydrogen) atoms. The molecule has 2 aromatic rings. The molecule has 0 unspecified atom stereocenters. The van der Waals surface area contributed by atoms with Gasteiger partial charge in [0.15, 0.2) is 0 Å². The number of thioether (sulfide) groups is 1. The second kappa shape index (κ2) is 18.9. The maximum absolute atomic E-state index is 12.7. The second-order valence-corrected chi connectivity index (χ2v) is 11.9. The molecule has 1 N–H and O–H groups in total. The van der Waals surface area contributed by atoms with Gasteiger partial charge in [-0.25, -0.2) is 4.79 Å². The van der Waals surface area contributed by atoms with Crippen LogP contribution in [0.25, 0.3) is 0 Å². The lowest BCUT2D eigenvalue weighted by Crippen LogP contribution is -2.37. The number of hydrogen-bond acceptors (Lipinski definition) is 4. The predicted molar refractivity (Wildman–Crippen MR) is 172 cm³/mol. The molecule has 0 aromatic heterocycles. The zero-order valence-corrected chi connectivity index (χ0v) is 26.1. The van der Waals surface area contributed by atoms with Gasteiger partial charge in [0.05, 0.1) is 24.1 Å². The third-order valence-corrected chi connectivity index (χ3v) is 8.38. The van der Waals surface area contributed by atoms with E-state index in [1.54, 1.807) is 23.7 Å². The van der Waals surface area contributed by atoms with Crippen LogP contribution in [0.3, 0.4) is 0 Å². The van der Waals surface area contributed by atoms with Gasteiger partial charge >= 0.3 is 6.03 Å². The number of carbonyl (C=O) groups excluding carboxylic acids is 1. The number of nitrogens with zero attached hydrogens (tertiary/aromatic N) is 2. The van der Waals surface area contributed by atoms with E-state index < -0.39 is 0 Å². The first kappa shape index (κ1) is 32.2. The molecular weight excluding hydrogens is 538 g/mol. The molecule has 0 aliphatic carbocycles. The van der Waals surface area contributed by atoms with E-state index in [0.717, 1.165) is 30.1 Å². The van der Waals surface area contributed by atoms with Crippen LogP contribution >= 0.6 is 23.4 Å². The first-order valence-corrected chi connectivity index (χ1v) is 16.5. The Labute approximate surface area is 251 Å². The van der Waals surface area contributed by atoms with Crippen molar-refractivity contribution < 1.29 is 9.53 Å². The quantitative estimate of drug-likeness (QED) is 0.167. The van der Waals surface area contributed by atoms with Gasteiger partial charge in [-0.2, -0.15) is 0 Å². The van der Waals surface area contributed by atoms with Crippen LogP contribution < -0.4 is 15.0 Å². The van der Waals surface area contributed by atoms with Gasteiger partial charge in [0.1, 0.15) is 5.75 Å². The molecule has 3 rings (SSSR count). The Kier molecular flexibility index (Phi) is 15.2. The number of benzene rings is 2. The third-order valence-electron chi connectivity index (χ3n) is 7.29. The molecule has 5 nitrogen and oxygen atoms in total. The minimum atomic E-state index is -0.157. The van der Waals surface area contributed by atoms with Crippen LogP contribution in [-0.4, -0.2) is 30.5 Å². The van der Waals surface area contributed by atoms with Crippen molar-refractivity contribution in [1.29, 1.82) is 0 Å². The minimum Gasteiger partial charge on any atom is -0.492 e. The molecule has 220 valence electrons. The number of nitrogens with one attached hydrogen (secondary N) is 1. The molecule has 0 atom stereocenters. The Morgan fingerprint density at radius 3 is 2.12 bits per heavy atom. The van der Waals surface area contributed by atoms with Crippen molar-refractivity contribution in [2.45, 2.75) is 97.1 Å². The third kappa shape index (κ3) is 11.7. The monoisotopic (exact) mass is 585 g/mol. The molecule has 0 spiro atoms. The number of rotatable bonds is 19. The van der Waals surface area contributed by atoms with E-state index in [1.807, 2.05) is 30.3 Å². The summed E-state index contributed by atoms with van der Waals surface area (Å²) in [6, 6.07) is 13.8. The Morgan fingerprint density at radius 1 is 0.925 bits per heavy atom. The van der Waals surface area contributed by atoms with Crippen molar-refractivity contribution in [2.75, 3.05) is 24.4 Å². The van der Waals surface area contributed by atoms with Crippen molar-refractivity contribution in [1.82, 2.24) is 10.2 Å². The fourth-order valence-corrected chi connectivity index (χ4v) is 5.88. The van der Waals surface area contributed by atoms with E-state index in [4.69, 9.17) is 16.3 Å². The van der Waals surface area contributed by atoms with Crippen molar-refractivity contribution in [3.8, 4) is 5.75 Å². The maximum Gasteiger partial charge on any atom is 0.321 e. The summed E-state index contributed by atoms with van der Waals surface area (Å²) in [6.07, 6.45) is 18.0. The fourth-order valence-electron chi connectivity index (χ4n) is 4.91. The molecule has 1 aliphatic heterocycles. The minimum absolute atomic E-state index is 0.157. The van der Waals surface area contributed by atoms with E-state index in [0.29, 0.717) is 23.9 Å². The molecule has 2 amide bonds. The summed E-state index contributed by atoms with van der Waals surface area (Å²) < 4.78 is 5.97. The molecule has 7 heteroatoms. The van der Waals surface area contributed by atoms with Gasteiger partial charge in [0.25, 0.3) is 0 Å². The van der Waals surface area contributed by atoms with Gasteiger partial charge < -0.3 is 15.0 Å². The van der Waals surface area contributed by atoms with Gasteiger partial charge in [-0.15, -0.1) is 11.8 Å². The fraction of sp³-hybridized carbons (Fsp3) is 0.545. The number of carbonyl (C=O) groups is 1. The Balaban J connectivity index is 1.38. The lowest BCUT2D eigenvalue weighted by atomic mass is 10.1. The Morgan fingerprint density at radius 2 is 1.55 bits per heavy atom. The normalized spacial score (nSPS) is 12.6.